The van der Waals surface area contributed by atoms with Gasteiger partial charge in [0.15, 0.2) is 0 Å². The third-order valence-corrected chi connectivity index (χ3v) is 2.84. The monoisotopic (exact) mass is 150 g/mol. The molecular weight excluding hydrogens is 136 g/mol. The highest BCUT2D eigenvalue weighted by Gasteiger charge is 2.31. The summed E-state index contributed by atoms with van der Waals surface area (Å²) in [6.07, 6.45) is 9.29. The first kappa shape index (κ1) is 7.08. The Hall–Kier alpha value is -0.590. The van der Waals surface area contributed by atoms with Crippen LogP contribution in [0.3, 0.4) is 0 Å². The van der Waals surface area contributed by atoms with Gasteiger partial charge in [0.1, 0.15) is 5.78 Å². The Morgan fingerprint density at radius 2 is 2.18 bits per heavy atom. The highest BCUT2D eigenvalue weighted by atomic mass is 16.1. The maximum absolute atomic E-state index is 11.1. The summed E-state index contributed by atoms with van der Waals surface area (Å²) in [5.74, 6) is 0.841. The zero-order chi connectivity index (χ0) is 7.68. The van der Waals surface area contributed by atoms with Crippen LogP contribution in [0.25, 0.3) is 0 Å². The topological polar surface area (TPSA) is 17.1 Å². The molecule has 0 N–H and O–H groups in total. The second kappa shape index (κ2) is 2.80. The van der Waals surface area contributed by atoms with Crippen LogP contribution in [0.1, 0.15) is 38.5 Å². The second-order valence-corrected chi connectivity index (χ2v) is 3.58. The van der Waals surface area contributed by atoms with Crippen LogP contribution in [0.2, 0.25) is 0 Å². The van der Waals surface area contributed by atoms with E-state index < -0.39 is 0 Å². The predicted octanol–water partition coefficient (Wildman–Crippen LogP) is 2.47. The lowest BCUT2D eigenvalue weighted by molar-refractivity contribution is -0.127. The molecule has 1 atom stereocenters. The van der Waals surface area contributed by atoms with Crippen LogP contribution in [0.4, 0.5) is 0 Å². The van der Waals surface area contributed by atoms with E-state index in [1.807, 2.05) is 0 Å². The first-order valence-corrected chi connectivity index (χ1v) is 4.59. The van der Waals surface area contributed by atoms with Crippen LogP contribution < -0.4 is 0 Å². The van der Waals surface area contributed by atoms with Crippen LogP contribution in [0, 0.1) is 5.92 Å². The molecule has 11 heavy (non-hydrogen) atoms. The third kappa shape index (κ3) is 1.24. The molecule has 0 aromatic heterocycles. The molecule has 0 radical (unpaired) electrons. The highest BCUT2D eigenvalue weighted by molar-refractivity contribution is 5.89. The zero-order valence-corrected chi connectivity index (χ0v) is 6.81. The van der Waals surface area contributed by atoms with Gasteiger partial charge in [0.05, 0.1) is 0 Å². The minimum atomic E-state index is 0.357. The average molecular weight is 150 g/mol. The van der Waals surface area contributed by atoms with Crippen molar-refractivity contribution in [3.8, 4) is 0 Å². The van der Waals surface area contributed by atoms with Crippen molar-refractivity contribution in [1.29, 1.82) is 0 Å². The van der Waals surface area contributed by atoms with Crippen molar-refractivity contribution in [2.45, 2.75) is 38.5 Å². The summed E-state index contributed by atoms with van der Waals surface area (Å²) < 4.78 is 0. The molecule has 0 spiro atoms. The minimum Gasteiger partial charge on any atom is -0.299 e. The van der Waals surface area contributed by atoms with Crippen LogP contribution in [0.5, 0.6) is 0 Å². The Balaban J connectivity index is 2.03. The summed E-state index contributed by atoms with van der Waals surface area (Å²) in [5, 5.41) is 0. The fourth-order valence-corrected chi connectivity index (χ4v) is 1.98. The Labute approximate surface area is 67.5 Å². The second-order valence-electron chi connectivity index (χ2n) is 3.58. The van der Waals surface area contributed by atoms with E-state index in [1.54, 1.807) is 0 Å². The Bertz CT molecular complexity index is 203. The third-order valence-electron chi connectivity index (χ3n) is 2.84. The maximum Gasteiger partial charge on any atom is 0.140 e. The predicted molar refractivity (Wildman–Crippen MR) is 44.3 cm³/mol. The molecule has 1 nitrogen and oxygen atoms in total. The molecule has 2 aliphatic carbocycles. The van der Waals surface area contributed by atoms with E-state index in [0.29, 0.717) is 11.7 Å². The molecule has 2 aliphatic rings. The lowest BCUT2D eigenvalue weighted by Crippen LogP contribution is -2.27. The molecule has 0 bridgehead atoms. The summed E-state index contributed by atoms with van der Waals surface area (Å²) >= 11 is 0. The van der Waals surface area contributed by atoms with E-state index in [1.165, 1.54) is 31.3 Å². The van der Waals surface area contributed by atoms with Gasteiger partial charge in [-0.3, -0.25) is 4.79 Å². The molecular formula is C10H14O. The molecule has 0 aromatic carbocycles. The molecule has 0 aliphatic heterocycles. The molecule has 60 valence electrons. The van der Waals surface area contributed by atoms with Gasteiger partial charge >= 0.3 is 0 Å². The lowest BCUT2D eigenvalue weighted by Gasteiger charge is -2.28. The number of carbonyl (C=O) groups is 1. The van der Waals surface area contributed by atoms with Gasteiger partial charge in [-0.05, 0) is 32.1 Å². The van der Waals surface area contributed by atoms with Crippen molar-refractivity contribution in [3.05, 3.63) is 11.6 Å². The molecule has 1 fully saturated rings. The number of Topliss-reactive ketones (excluding diaryl/α,β-unsaturated/α-hetero) is 1. The molecule has 1 saturated carbocycles. The van der Waals surface area contributed by atoms with Gasteiger partial charge in [-0.1, -0.05) is 11.6 Å². The van der Waals surface area contributed by atoms with Gasteiger partial charge in [-0.15, -0.1) is 0 Å². The van der Waals surface area contributed by atoms with Gasteiger partial charge in [-0.25, -0.2) is 0 Å². The Morgan fingerprint density at radius 3 is 2.64 bits per heavy atom. The summed E-state index contributed by atoms with van der Waals surface area (Å²) in [4.78, 5) is 11.1. The Morgan fingerprint density at radius 1 is 1.27 bits per heavy atom. The van der Waals surface area contributed by atoms with Gasteiger partial charge in [-0.2, -0.15) is 0 Å². The molecule has 2 rings (SSSR count). The number of ketones is 1. The maximum atomic E-state index is 11.1. The van der Waals surface area contributed by atoms with Gasteiger partial charge in [0.25, 0.3) is 0 Å². The summed E-state index contributed by atoms with van der Waals surface area (Å²) in [6, 6.07) is 0. The van der Waals surface area contributed by atoms with Crippen molar-refractivity contribution >= 4 is 5.78 Å². The van der Waals surface area contributed by atoms with Crippen LogP contribution in [0.15, 0.2) is 11.6 Å². The fraction of sp³-hybridized carbons (Fsp3) is 0.700. The standard InChI is InChI=1S/C10H14O/c11-10-7-6-9(10)8-4-2-1-3-5-8/h4,9H,1-3,5-7H2/t9-/m0/s1. The van der Waals surface area contributed by atoms with Crippen molar-refractivity contribution in [3.63, 3.8) is 0 Å². The number of allylic oxidation sites excluding steroid dienone is 2. The molecule has 0 saturated heterocycles. The zero-order valence-electron chi connectivity index (χ0n) is 6.81. The minimum absolute atomic E-state index is 0.357. The van der Waals surface area contributed by atoms with E-state index in [4.69, 9.17) is 0 Å². The fourth-order valence-electron chi connectivity index (χ4n) is 1.98. The molecule has 0 amide bonds. The normalized spacial score (nSPS) is 31.1. The quantitative estimate of drug-likeness (QED) is 0.525. The highest BCUT2D eigenvalue weighted by Crippen LogP contribution is 2.34. The first-order valence-electron chi connectivity index (χ1n) is 4.59. The Kier molecular flexibility index (Phi) is 1.80. The van der Waals surface area contributed by atoms with Crippen LogP contribution >= 0.6 is 0 Å². The average Bonchev–Trinajstić information content (AvgIpc) is 2.04. The SMILES string of the molecule is O=C1CC[C@H]1C1=CCCCC1. The van der Waals surface area contributed by atoms with Crippen molar-refractivity contribution in [2.75, 3.05) is 0 Å². The largest absolute Gasteiger partial charge is 0.299 e. The van der Waals surface area contributed by atoms with Crippen molar-refractivity contribution in [1.82, 2.24) is 0 Å². The summed E-state index contributed by atoms with van der Waals surface area (Å²) in [7, 11) is 0. The van der Waals surface area contributed by atoms with Gasteiger partial charge < -0.3 is 0 Å². The van der Waals surface area contributed by atoms with E-state index >= 15 is 0 Å². The molecule has 1 heteroatoms. The molecule has 0 heterocycles. The van der Waals surface area contributed by atoms with Gasteiger partial charge in [0.2, 0.25) is 0 Å². The van der Waals surface area contributed by atoms with Gasteiger partial charge in [0, 0.05) is 12.3 Å². The first-order chi connectivity index (χ1) is 5.38. The van der Waals surface area contributed by atoms with Crippen molar-refractivity contribution in [2.24, 2.45) is 5.92 Å². The number of hydrogen-bond donors (Lipinski definition) is 0. The number of rotatable bonds is 1. The van der Waals surface area contributed by atoms with Crippen LogP contribution in [-0.4, -0.2) is 5.78 Å². The summed E-state index contributed by atoms with van der Waals surface area (Å²) in [5.41, 5.74) is 1.45. The smallest absolute Gasteiger partial charge is 0.140 e. The lowest BCUT2D eigenvalue weighted by atomic mass is 9.75. The number of carbonyl (C=O) groups excluding carboxylic acids is 1. The van der Waals surface area contributed by atoms with Crippen molar-refractivity contribution < 1.29 is 4.79 Å². The molecule has 0 aromatic rings. The van der Waals surface area contributed by atoms with Crippen LogP contribution in [-0.2, 0) is 4.79 Å². The summed E-state index contributed by atoms with van der Waals surface area (Å²) in [6.45, 7) is 0. The van der Waals surface area contributed by atoms with E-state index in [9.17, 15) is 4.79 Å². The number of hydrogen-bond acceptors (Lipinski definition) is 1. The molecule has 0 unspecified atom stereocenters. The van der Waals surface area contributed by atoms with E-state index in [2.05, 4.69) is 6.08 Å². The van der Waals surface area contributed by atoms with E-state index in [-0.39, 0.29) is 0 Å². The van der Waals surface area contributed by atoms with E-state index in [0.717, 1.165) is 12.8 Å².